The van der Waals surface area contributed by atoms with Crippen molar-refractivity contribution in [3.63, 3.8) is 0 Å². The minimum Gasteiger partial charge on any atom is -0.450 e. The molecule has 1 N–H and O–H groups in total. The van der Waals surface area contributed by atoms with Gasteiger partial charge in [0.2, 0.25) is 0 Å². The second kappa shape index (κ2) is 6.00. The van der Waals surface area contributed by atoms with Gasteiger partial charge in [-0.25, -0.2) is 4.79 Å². The summed E-state index contributed by atoms with van der Waals surface area (Å²) < 4.78 is 4.92. The summed E-state index contributed by atoms with van der Waals surface area (Å²) in [6.45, 7) is 2.18. The number of rotatable bonds is 2. The molecule has 0 saturated heterocycles. The van der Waals surface area contributed by atoms with Gasteiger partial charge in [0.15, 0.2) is 0 Å². The summed E-state index contributed by atoms with van der Waals surface area (Å²) in [4.78, 5) is 11.5. The minimum atomic E-state index is -0.397. The highest BCUT2D eigenvalue weighted by Gasteiger charge is 2.13. The number of hydrogen-bond acceptors (Lipinski definition) is 2. The average molecular weight is 281 g/mol. The molecule has 21 heavy (non-hydrogen) atoms. The van der Waals surface area contributed by atoms with Crippen LogP contribution >= 0.6 is 0 Å². The Kier molecular flexibility index (Phi) is 3.91. The van der Waals surface area contributed by atoms with Gasteiger partial charge in [-0.1, -0.05) is 30.3 Å². The van der Waals surface area contributed by atoms with Crippen molar-refractivity contribution < 1.29 is 9.53 Å². The second-order valence-corrected chi connectivity index (χ2v) is 5.27. The van der Waals surface area contributed by atoms with Gasteiger partial charge in [-0.15, -0.1) is 0 Å². The molecule has 108 valence electrons. The predicted molar refractivity (Wildman–Crippen MR) is 83.7 cm³/mol. The Labute approximate surface area is 124 Å². The van der Waals surface area contributed by atoms with Gasteiger partial charge >= 0.3 is 6.09 Å². The van der Waals surface area contributed by atoms with Crippen molar-refractivity contribution >= 4 is 11.8 Å². The number of amides is 1. The molecule has 0 atom stereocenters. The maximum Gasteiger partial charge on any atom is 0.411 e. The van der Waals surface area contributed by atoms with Crippen molar-refractivity contribution in [3.8, 4) is 0 Å². The van der Waals surface area contributed by atoms with Gasteiger partial charge in [-0.05, 0) is 60.6 Å². The topological polar surface area (TPSA) is 38.3 Å². The molecule has 0 unspecified atom stereocenters. The lowest BCUT2D eigenvalue weighted by atomic mass is 10.00. The highest BCUT2D eigenvalue weighted by Crippen LogP contribution is 2.26. The largest absolute Gasteiger partial charge is 0.450 e. The van der Waals surface area contributed by atoms with Crippen LogP contribution in [0.1, 0.15) is 29.2 Å². The third-order valence-corrected chi connectivity index (χ3v) is 3.89. The molecule has 1 aliphatic rings. The number of carbonyl (C=O) groups is 1. The van der Waals surface area contributed by atoms with Crippen LogP contribution in [-0.2, 0) is 24.0 Å². The van der Waals surface area contributed by atoms with Crippen LogP contribution in [0, 0.1) is 0 Å². The molecule has 2 aromatic carbocycles. The van der Waals surface area contributed by atoms with Gasteiger partial charge in [0.05, 0.1) is 6.61 Å². The fourth-order valence-electron chi connectivity index (χ4n) is 2.85. The van der Waals surface area contributed by atoms with Crippen molar-refractivity contribution in [1.82, 2.24) is 0 Å². The van der Waals surface area contributed by atoms with E-state index in [9.17, 15) is 4.79 Å². The Balaban J connectivity index is 1.86. The van der Waals surface area contributed by atoms with E-state index in [1.807, 2.05) is 6.07 Å². The lowest BCUT2D eigenvalue weighted by Gasteiger charge is -2.10. The van der Waals surface area contributed by atoms with Gasteiger partial charge < -0.3 is 4.74 Å². The van der Waals surface area contributed by atoms with E-state index < -0.39 is 6.09 Å². The van der Waals surface area contributed by atoms with Gasteiger partial charge in [0.1, 0.15) is 0 Å². The molecule has 0 heterocycles. The van der Waals surface area contributed by atoms with Gasteiger partial charge in [0, 0.05) is 5.69 Å². The van der Waals surface area contributed by atoms with E-state index in [2.05, 4.69) is 41.7 Å². The summed E-state index contributed by atoms with van der Waals surface area (Å²) in [5.74, 6) is 0. The first-order valence-corrected chi connectivity index (χ1v) is 7.38. The zero-order valence-electron chi connectivity index (χ0n) is 12.2. The molecule has 3 heteroatoms. The van der Waals surface area contributed by atoms with Crippen LogP contribution in [0.15, 0.2) is 42.5 Å². The molecule has 0 fully saturated rings. The molecule has 3 rings (SSSR count). The van der Waals surface area contributed by atoms with E-state index in [1.54, 1.807) is 6.92 Å². The Morgan fingerprint density at radius 1 is 1.05 bits per heavy atom. The number of carbonyl (C=O) groups excluding carboxylic acids is 1. The van der Waals surface area contributed by atoms with E-state index in [1.165, 1.54) is 22.3 Å². The van der Waals surface area contributed by atoms with Crippen molar-refractivity contribution in [2.45, 2.75) is 26.2 Å². The molecular weight excluding hydrogens is 262 g/mol. The van der Waals surface area contributed by atoms with Crippen molar-refractivity contribution in [3.05, 3.63) is 64.7 Å². The van der Waals surface area contributed by atoms with Crippen molar-refractivity contribution in [2.75, 3.05) is 11.9 Å². The van der Waals surface area contributed by atoms with E-state index in [0.717, 1.165) is 24.9 Å². The third kappa shape index (κ3) is 3.07. The van der Waals surface area contributed by atoms with Gasteiger partial charge in [0.25, 0.3) is 0 Å². The summed E-state index contributed by atoms with van der Waals surface area (Å²) in [7, 11) is 0. The smallest absolute Gasteiger partial charge is 0.411 e. The summed E-state index contributed by atoms with van der Waals surface area (Å²) in [5.41, 5.74) is 6.25. The van der Waals surface area contributed by atoms with E-state index in [0.29, 0.717) is 6.61 Å². The zero-order valence-corrected chi connectivity index (χ0v) is 12.2. The molecule has 0 spiro atoms. The SMILES string of the molecule is CCOC(=O)Nc1ccc2c(c1)Cc1ccccc1CC2. The quantitative estimate of drug-likeness (QED) is 0.905. The summed E-state index contributed by atoms with van der Waals surface area (Å²) in [6, 6.07) is 14.7. The first-order valence-electron chi connectivity index (χ1n) is 7.38. The summed E-state index contributed by atoms with van der Waals surface area (Å²) in [5, 5.41) is 2.78. The second-order valence-electron chi connectivity index (χ2n) is 5.27. The fraction of sp³-hybridized carbons (Fsp3) is 0.278. The molecular formula is C18H19NO2. The maximum absolute atomic E-state index is 11.5. The first-order chi connectivity index (χ1) is 10.3. The molecule has 0 saturated carbocycles. The highest BCUT2D eigenvalue weighted by atomic mass is 16.5. The van der Waals surface area contributed by atoms with Crippen LogP contribution in [0.4, 0.5) is 10.5 Å². The fourth-order valence-corrected chi connectivity index (χ4v) is 2.85. The number of anilines is 1. The minimum absolute atomic E-state index is 0.379. The van der Waals surface area contributed by atoms with Crippen LogP contribution in [0.2, 0.25) is 0 Å². The van der Waals surface area contributed by atoms with Crippen LogP contribution in [-0.4, -0.2) is 12.7 Å². The predicted octanol–water partition coefficient (Wildman–Crippen LogP) is 3.94. The van der Waals surface area contributed by atoms with Crippen LogP contribution < -0.4 is 5.32 Å². The summed E-state index contributed by atoms with van der Waals surface area (Å²) >= 11 is 0. The van der Waals surface area contributed by atoms with Crippen LogP contribution in [0.3, 0.4) is 0 Å². The van der Waals surface area contributed by atoms with E-state index in [-0.39, 0.29) is 0 Å². The molecule has 0 radical (unpaired) electrons. The van der Waals surface area contributed by atoms with E-state index in [4.69, 9.17) is 4.74 Å². The number of hydrogen-bond donors (Lipinski definition) is 1. The number of benzene rings is 2. The lowest BCUT2D eigenvalue weighted by Crippen LogP contribution is -2.13. The van der Waals surface area contributed by atoms with Crippen LogP contribution in [0.25, 0.3) is 0 Å². The zero-order chi connectivity index (χ0) is 14.7. The molecule has 0 aliphatic heterocycles. The van der Waals surface area contributed by atoms with Gasteiger partial charge in [-0.3, -0.25) is 5.32 Å². The third-order valence-electron chi connectivity index (χ3n) is 3.89. The normalized spacial score (nSPS) is 12.8. The number of aryl methyl sites for hydroxylation is 2. The Bertz CT molecular complexity index is 664. The van der Waals surface area contributed by atoms with Crippen molar-refractivity contribution in [2.24, 2.45) is 0 Å². The number of fused-ring (bicyclic) bond motifs is 2. The summed E-state index contributed by atoms with van der Waals surface area (Å²) in [6.07, 6.45) is 2.65. The highest BCUT2D eigenvalue weighted by molar-refractivity contribution is 5.84. The Hall–Kier alpha value is -2.29. The lowest BCUT2D eigenvalue weighted by molar-refractivity contribution is 0.168. The molecule has 1 amide bonds. The monoisotopic (exact) mass is 281 g/mol. The molecule has 3 nitrogen and oxygen atoms in total. The number of nitrogens with one attached hydrogen (secondary N) is 1. The average Bonchev–Trinajstić information content (AvgIpc) is 2.66. The van der Waals surface area contributed by atoms with Crippen LogP contribution in [0.5, 0.6) is 0 Å². The Morgan fingerprint density at radius 2 is 1.76 bits per heavy atom. The van der Waals surface area contributed by atoms with Crippen molar-refractivity contribution in [1.29, 1.82) is 0 Å². The number of ether oxygens (including phenoxy) is 1. The van der Waals surface area contributed by atoms with Gasteiger partial charge in [-0.2, -0.15) is 0 Å². The molecule has 1 aliphatic carbocycles. The molecule has 2 aromatic rings. The molecule has 0 bridgehead atoms. The maximum atomic E-state index is 11.5. The first kappa shape index (κ1) is 13.7. The standard InChI is InChI=1S/C18H19NO2/c1-2-21-18(20)19-17-10-9-14-8-7-13-5-3-4-6-15(13)11-16(14)12-17/h3-6,9-10,12H,2,7-8,11H2,1H3,(H,19,20). The molecule has 0 aromatic heterocycles. The Morgan fingerprint density at radius 3 is 2.52 bits per heavy atom. The van der Waals surface area contributed by atoms with E-state index >= 15 is 0 Å².